The van der Waals surface area contributed by atoms with E-state index < -0.39 is 69.2 Å². The average molecular weight is 676 g/mol. The molecule has 1 unspecified atom stereocenters. The number of aromatic nitrogens is 3. The largest absolute Gasteiger partial charge is 0.484 e. The molecule has 46 heavy (non-hydrogen) atoms. The van der Waals surface area contributed by atoms with Crippen molar-refractivity contribution in [2.24, 2.45) is 9.36 Å². The van der Waals surface area contributed by atoms with Crippen molar-refractivity contribution in [2.75, 3.05) is 19.3 Å². The van der Waals surface area contributed by atoms with E-state index in [1.165, 1.54) is 39.0 Å². The van der Waals surface area contributed by atoms with Crippen molar-refractivity contribution < 1.29 is 49.1 Å². The summed E-state index contributed by atoms with van der Waals surface area (Å²) in [6.45, 7) is 4.48. The fourth-order valence-electron chi connectivity index (χ4n) is 4.36. The van der Waals surface area contributed by atoms with Crippen LogP contribution in [0, 0.1) is 5.82 Å². The van der Waals surface area contributed by atoms with Crippen molar-refractivity contribution >= 4 is 21.7 Å². The lowest BCUT2D eigenvalue weighted by molar-refractivity contribution is -0.148. The molecule has 0 aliphatic carbocycles. The van der Waals surface area contributed by atoms with E-state index in [0.717, 1.165) is 18.5 Å². The van der Waals surface area contributed by atoms with Crippen LogP contribution in [0.2, 0.25) is 0 Å². The van der Waals surface area contributed by atoms with E-state index >= 15 is 4.39 Å². The molecule has 17 heteroatoms. The fraction of sp³-hybridized carbons (Fsp3) is 0.483. The van der Waals surface area contributed by atoms with Crippen LogP contribution in [0.1, 0.15) is 51.2 Å². The molecule has 1 N–H and O–H groups in total. The predicted molar refractivity (Wildman–Crippen MR) is 159 cm³/mol. The Morgan fingerprint density at radius 1 is 1.20 bits per heavy atom. The number of ether oxygens (including phenoxy) is 2. The van der Waals surface area contributed by atoms with Crippen molar-refractivity contribution in [3.05, 3.63) is 48.0 Å². The third-order valence-corrected chi connectivity index (χ3v) is 9.96. The second-order valence-corrected chi connectivity index (χ2v) is 14.9. The molecule has 0 saturated carbocycles. The highest BCUT2D eigenvalue weighted by Gasteiger charge is 2.49. The predicted octanol–water partition coefficient (Wildman–Crippen LogP) is 6.25. The summed E-state index contributed by atoms with van der Waals surface area (Å²) in [6.07, 6.45) is -2.93. The zero-order valence-electron chi connectivity index (χ0n) is 28.5. The second kappa shape index (κ2) is 12.2. The van der Waals surface area contributed by atoms with Crippen molar-refractivity contribution in [3.8, 4) is 28.6 Å². The van der Waals surface area contributed by atoms with Gasteiger partial charge in [0, 0.05) is 28.3 Å². The number of nitrogens with zero attached hydrogens (tertiary/aromatic N) is 5. The average Bonchev–Trinajstić information content (AvgIpc) is 3.44. The monoisotopic (exact) mass is 675 g/mol. The van der Waals surface area contributed by atoms with Crippen LogP contribution in [0.5, 0.6) is 5.75 Å². The zero-order chi connectivity index (χ0) is 36.8. The SMILES string of the molecule is [2H]C([2H])([2H])N=S1(=O)C[C@@](C)(c2cc(-c3cc(-c4ncc(OCC(F)(F)C(F)F)cn4)no3)ccc2F)N=C(NC(=O)OC(C)(C)C)C1(C)C. The van der Waals surface area contributed by atoms with Gasteiger partial charge >= 0.3 is 18.4 Å². The molecule has 3 heterocycles. The van der Waals surface area contributed by atoms with Gasteiger partial charge in [0.25, 0.3) is 0 Å². The third-order valence-electron chi connectivity index (χ3n) is 6.92. The molecular formula is C29H33F5N6O5S. The van der Waals surface area contributed by atoms with E-state index in [1.807, 2.05) is 0 Å². The molecule has 0 radical (unpaired) electrons. The Bertz CT molecular complexity index is 1870. The van der Waals surface area contributed by atoms with Crippen LogP contribution < -0.4 is 10.1 Å². The molecule has 1 aliphatic heterocycles. The van der Waals surface area contributed by atoms with Gasteiger partial charge in [-0.2, -0.15) is 8.78 Å². The van der Waals surface area contributed by atoms with Gasteiger partial charge < -0.3 is 14.0 Å². The van der Waals surface area contributed by atoms with Gasteiger partial charge in [0.15, 0.2) is 29.6 Å². The molecule has 250 valence electrons. The lowest BCUT2D eigenvalue weighted by atomic mass is 9.91. The molecule has 0 saturated heterocycles. The first-order valence-electron chi connectivity index (χ1n) is 15.1. The number of hydrogen-bond acceptors (Lipinski definition) is 10. The van der Waals surface area contributed by atoms with E-state index in [9.17, 15) is 26.6 Å². The molecule has 2 aromatic heterocycles. The van der Waals surface area contributed by atoms with Crippen LogP contribution in [0.15, 0.2) is 50.5 Å². The number of amides is 1. The maximum Gasteiger partial charge on any atom is 0.413 e. The van der Waals surface area contributed by atoms with Crippen LogP contribution in [-0.2, 0) is 20.0 Å². The van der Waals surface area contributed by atoms with Crippen LogP contribution in [0.3, 0.4) is 0 Å². The summed E-state index contributed by atoms with van der Waals surface area (Å²) in [6, 6.07) is 5.11. The number of halogens is 5. The van der Waals surface area contributed by atoms with Gasteiger partial charge in [0.2, 0.25) is 0 Å². The lowest BCUT2D eigenvalue weighted by Crippen LogP contribution is -2.57. The minimum atomic E-state index is -4.37. The van der Waals surface area contributed by atoms with Gasteiger partial charge in [-0.1, -0.05) is 5.16 Å². The number of alkyl carbamates (subject to hydrolysis) is 1. The smallest absolute Gasteiger partial charge is 0.413 e. The third kappa shape index (κ3) is 7.13. The van der Waals surface area contributed by atoms with Gasteiger partial charge in [0.05, 0.1) is 27.9 Å². The topological polar surface area (TPSA) is 141 Å². The zero-order valence-corrected chi connectivity index (χ0v) is 26.3. The fourth-order valence-corrected chi connectivity index (χ4v) is 6.40. The summed E-state index contributed by atoms with van der Waals surface area (Å²) in [5.74, 6) is -6.25. The number of nitrogens with one attached hydrogen (secondary N) is 1. The maximum atomic E-state index is 15.6. The van der Waals surface area contributed by atoms with Gasteiger partial charge in [-0.05, 0) is 59.7 Å². The minimum Gasteiger partial charge on any atom is -0.484 e. The van der Waals surface area contributed by atoms with Gasteiger partial charge in [-0.25, -0.2) is 36.5 Å². The number of carbonyl (C=O) groups excluding carboxylic acids is 1. The van der Waals surface area contributed by atoms with Gasteiger partial charge in [-0.15, -0.1) is 0 Å². The summed E-state index contributed by atoms with van der Waals surface area (Å²) < 4.78 is 122. The Kier molecular flexibility index (Phi) is 8.10. The van der Waals surface area contributed by atoms with Crippen LogP contribution >= 0.6 is 0 Å². The van der Waals surface area contributed by atoms with Crippen LogP contribution in [-0.4, -0.2) is 73.3 Å². The minimum absolute atomic E-state index is 0.0531. The number of rotatable bonds is 7. The quantitative estimate of drug-likeness (QED) is 0.290. The standard InChI is InChI=1S/C29H33F5N6O5S/c1-26(2,3)44-25(41)38-24-27(4,5)46(42,35-7)15-28(6,39-24)18-10-16(8-9-19(18)30)21-11-20(40-45-21)22-36-12-17(13-37-22)43-14-29(33,34)23(31)32/h8-13,23H,14-15H2,1-7H3,(H,38,39,41)/t28-,46?/m0/s1/i7D3. The molecule has 0 bridgehead atoms. The van der Waals surface area contributed by atoms with E-state index in [4.69, 9.17) is 13.4 Å². The summed E-state index contributed by atoms with van der Waals surface area (Å²) in [5.41, 5.74) is -2.52. The Morgan fingerprint density at radius 2 is 1.87 bits per heavy atom. The summed E-state index contributed by atoms with van der Waals surface area (Å²) >= 11 is 0. The highest BCUT2D eigenvalue weighted by molar-refractivity contribution is 7.95. The molecule has 3 aromatic rings. The van der Waals surface area contributed by atoms with Crippen molar-refractivity contribution in [2.45, 2.75) is 69.8 Å². The van der Waals surface area contributed by atoms with Crippen molar-refractivity contribution in [1.82, 2.24) is 20.4 Å². The number of amidine groups is 1. The first-order valence-corrected chi connectivity index (χ1v) is 15.3. The number of carbonyl (C=O) groups is 1. The summed E-state index contributed by atoms with van der Waals surface area (Å²) in [7, 11) is -3.81. The van der Waals surface area contributed by atoms with Crippen molar-refractivity contribution in [1.29, 1.82) is 0 Å². The number of hydrogen-bond donors (Lipinski definition) is 1. The van der Waals surface area contributed by atoms with Gasteiger partial charge in [0.1, 0.15) is 27.5 Å². The highest BCUT2D eigenvalue weighted by atomic mass is 32.2. The van der Waals surface area contributed by atoms with E-state index in [2.05, 4.69) is 34.5 Å². The van der Waals surface area contributed by atoms with E-state index in [1.54, 1.807) is 20.8 Å². The molecule has 0 spiro atoms. The summed E-state index contributed by atoms with van der Waals surface area (Å²) in [4.78, 5) is 25.2. The van der Waals surface area contributed by atoms with Gasteiger partial charge in [-0.3, -0.25) is 10.3 Å². The lowest BCUT2D eigenvalue weighted by Gasteiger charge is -2.41. The van der Waals surface area contributed by atoms with Crippen LogP contribution in [0.25, 0.3) is 22.8 Å². The van der Waals surface area contributed by atoms with E-state index in [0.29, 0.717) is 0 Å². The Labute approximate surface area is 266 Å². The first kappa shape index (κ1) is 30.5. The Morgan fingerprint density at radius 3 is 2.48 bits per heavy atom. The molecule has 1 amide bonds. The molecule has 4 rings (SSSR count). The molecule has 11 nitrogen and oxygen atoms in total. The van der Waals surface area contributed by atoms with E-state index in [-0.39, 0.29) is 40.0 Å². The highest BCUT2D eigenvalue weighted by Crippen LogP contribution is 2.41. The molecule has 0 fully saturated rings. The number of benzene rings is 1. The molecule has 2 atom stereocenters. The Balaban J connectivity index is 1.72. The first-order chi connectivity index (χ1) is 22.3. The maximum absolute atomic E-state index is 15.6. The number of alkyl halides is 4. The normalized spacial score (nSPS) is 22.7. The number of aliphatic imine (C=N–C) groups is 1. The van der Waals surface area contributed by atoms with Crippen molar-refractivity contribution in [3.63, 3.8) is 0 Å². The summed E-state index contributed by atoms with van der Waals surface area (Å²) in [5, 5.41) is 6.34. The Hall–Kier alpha value is -4.15. The second-order valence-electron chi connectivity index (χ2n) is 12.1. The van der Waals surface area contributed by atoms with Crippen LogP contribution in [0.4, 0.5) is 26.7 Å². The molecule has 1 aliphatic rings. The molecular weight excluding hydrogens is 639 g/mol. The molecule has 1 aromatic carbocycles.